The fraction of sp³-hybridized carbons (Fsp3) is 0.957. The molecule has 4 saturated heterocycles. The minimum atomic E-state index is -1.65. The number of fused-ring (bicyclic) bond motifs is 7. The van der Waals surface area contributed by atoms with E-state index in [9.17, 15) is 51.1 Å². The summed E-state index contributed by atoms with van der Waals surface area (Å²) in [6, 6.07) is 0. The highest BCUT2D eigenvalue weighted by atomic mass is 16.8. The van der Waals surface area contributed by atoms with Crippen LogP contribution in [0.2, 0.25) is 0 Å². The number of hydrogen-bond acceptors (Lipinski definition) is 18. The second-order valence-electron chi connectivity index (χ2n) is 21.3. The molecule has 8 fully saturated rings. The summed E-state index contributed by atoms with van der Waals surface area (Å²) >= 11 is 0. The highest BCUT2D eigenvalue weighted by Crippen LogP contribution is 2.71. The third-order valence-electron chi connectivity index (χ3n) is 18.0. The van der Waals surface area contributed by atoms with Gasteiger partial charge in [-0.1, -0.05) is 32.9 Å². The number of methoxy groups -OCH3 is 1. The van der Waals surface area contributed by atoms with Crippen LogP contribution in [-0.4, -0.2) is 188 Å². The number of ether oxygens (including phenoxy) is 8. The Balaban J connectivity index is 0.952. The van der Waals surface area contributed by atoms with Crippen molar-refractivity contribution in [2.24, 2.45) is 46.3 Å². The van der Waals surface area contributed by atoms with Crippen molar-refractivity contribution in [1.29, 1.82) is 0 Å². The van der Waals surface area contributed by atoms with Crippen molar-refractivity contribution in [2.45, 2.75) is 209 Å². The van der Waals surface area contributed by atoms with E-state index >= 15 is 0 Å². The first-order valence-electron chi connectivity index (χ1n) is 23.7. The Morgan fingerprint density at radius 2 is 1.36 bits per heavy atom. The zero-order valence-corrected chi connectivity index (χ0v) is 38.1. The van der Waals surface area contributed by atoms with E-state index in [1.807, 2.05) is 0 Å². The van der Waals surface area contributed by atoms with Crippen LogP contribution in [0.4, 0.5) is 0 Å². The van der Waals surface area contributed by atoms with E-state index in [4.69, 9.17) is 37.9 Å². The molecule has 0 aromatic heterocycles. The van der Waals surface area contributed by atoms with E-state index < -0.39 is 122 Å². The summed E-state index contributed by atoms with van der Waals surface area (Å²) < 4.78 is 49.6. The fourth-order valence-corrected chi connectivity index (χ4v) is 14.3. The van der Waals surface area contributed by atoms with Gasteiger partial charge in [0.05, 0.1) is 43.7 Å². The third kappa shape index (κ3) is 8.27. The maximum atomic E-state index is 11.4. The largest absolute Gasteiger partial charge is 0.394 e. The van der Waals surface area contributed by atoms with E-state index in [2.05, 4.69) is 27.4 Å². The van der Waals surface area contributed by atoms with E-state index in [0.717, 1.165) is 32.1 Å². The summed E-state index contributed by atoms with van der Waals surface area (Å²) in [5.74, 6) is 0.514. The highest BCUT2D eigenvalue weighted by Gasteiger charge is 2.70. The van der Waals surface area contributed by atoms with Gasteiger partial charge in [0.1, 0.15) is 61.0 Å². The molecule has 18 heteroatoms. The summed E-state index contributed by atoms with van der Waals surface area (Å²) in [5, 5.41) is 106. The molecule has 0 spiro atoms. The lowest BCUT2D eigenvalue weighted by molar-refractivity contribution is -0.375. The maximum Gasteiger partial charge on any atom is 0.187 e. The molecule has 368 valence electrons. The molecule has 4 aliphatic carbocycles. The third-order valence-corrected chi connectivity index (χ3v) is 18.0. The lowest BCUT2D eigenvalue weighted by atomic mass is 9.43. The summed E-state index contributed by atoms with van der Waals surface area (Å²) in [6.07, 6.45) is -14.5. The molecule has 1 unspecified atom stereocenters. The first-order valence-corrected chi connectivity index (χ1v) is 23.7. The molecule has 4 aliphatic heterocycles. The maximum absolute atomic E-state index is 11.4. The average molecular weight is 917 g/mol. The Hall–Kier alpha value is -0.980. The molecular formula is C46H76O18. The molecule has 64 heavy (non-hydrogen) atoms. The fourth-order valence-electron chi connectivity index (χ4n) is 14.3. The van der Waals surface area contributed by atoms with Crippen LogP contribution in [0.25, 0.3) is 0 Å². The SMILES string of the molecule is C=C(CCC1(OC)O[C@H]2C[C@H]3[C@@H]4CC[C@H]5C[C@H](O)C[C@@H](O[C@@H]6O[C@H](C)[C@H](O)[C@H](O)[C@H]6O[C@@H]6O[C@@H](C)[C@H](O)[C@@H](O)[C@H]6O)[C@]5(C)[C@H]4CC[C@]3(C)[C@H]2[C@@H]1C)CO[C@@H]1O[C@H](CO)[C@@H](O)[C@H](O)[C@H]1O. The molecule has 8 aliphatic rings. The number of aliphatic hydroxyl groups is 10. The molecule has 0 aromatic rings. The van der Waals surface area contributed by atoms with Gasteiger partial charge in [-0.15, -0.1) is 0 Å². The molecule has 0 amide bonds. The van der Waals surface area contributed by atoms with Gasteiger partial charge in [-0.2, -0.15) is 0 Å². The molecule has 0 bridgehead atoms. The van der Waals surface area contributed by atoms with Crippen LogP contribution < -0.4 is 0 Å². The summed E-state index contributed by atoms with van der Waals surface area (Å²) in [5.41, 5.74) is 0.269. The monoisotopic (exact) mass is 917 g/mol. The molecule has 8 rings (SSSR count). The molecule has 0 aromatic carbocycles. The van der Waals surface area contributed by atoms with Crippen LogP contribution in [0, 0.1) is 46.3 Å². The molecule has 0 radical (unpaired) electrons. The molecule has 18 nitrogen and oxygen atoms in total. The van der Waals surface area contributed by atoms with Crippen LogP contribution in [0.5, 0.6) is 0 Å². The van der Waals surface area contributed by atoms with Crippen LogP contribution >= 0.6 is 0 Å². The second-order valence-corrected chi connectivity index (χ2v) is 21.3. The Kier molecular flexibility index (Phi) is 14.5. The lowest BCUT2D eigenvalue weighted by Crippen LogP contribution is -2.65. The summed E-state index contributed by atoms with van der Waals surface area (Å²) in [6.45, 7) is 13.8. The van der Waals surface area contributed by atoms with Gasteiger partial charge in [-0.05, 0) is 99.2 Å². The first kappa shape index (κ1) is 49.4. The second kappa shape index (κ2) is 18.7. The average Bonchev–Trinajstić information content (AvgIpc) is 3.72. The van der Waals surface area contributed by atoms with Gasteiger partial charge in [0.15, 0.2) is 24.7 Å². The van der Waals surface area contributed by atoms with Gasteiger partial charge in [0.2, 0.25) is 0 Å². The predicted octanol–water partition coefficient (Wildman–Crippen LogP) is -0.179. The normalized spacial score (nSPS) is 56.2. The minimum Gasteiger partial charge on any atom is -0.394 e. The van der Waals surface area contributed by atoms with Crippen molar-refractivity contribution in [3.8, 4) is 0 Å². The summed E-state index contributed by atoms with van der Waals surface area (Å²) in [4.78, 5) is 0. The Labute approximate surface area is 375 Å². The van der Waals surface area contributed by atoms with Gasteiger partial charge in [-0.25, -0.2) is 0 Å². The Morgan fingerprint density at radius 3 is 2.05 bits per heavy atom. The van der Waals surface area contributed by atoms with Crippen molar-refractivity contribution in [3.63, 3.8) is 0 Å². The van der Waals surface area contributed by atoms with E-state index in [0.29, 0.717) is 43.1 Å². The molecule has 4 saturated carbocycles. The number of rotatable bonds is 12. The lowest BCUT2D eigenvalue weighted by Gasteiger charge is -2.63. The smallest absolute Gasteiger partial charge is 0.187 e. The predicted molar refractivity (Wildman–Crippen MR) is 222 cm³/mol. The van der Waals surface area contributed by atoms with Crippen molar-refractivity contribution in [3.05, 3.63) is 12.2 Å². The van der Waals surface area contributed by atoms with E-state index in [1.165, 1.54) is 6.92 Å². The quantitative estimate of drug-likeness (QED) is 0.114. The number of hydrogen-bond donors (Lipinski definition) is 10. The van der Waals surface area contributed by atoms with Crippen LogP contribution in [-0.2, 0) is 37.9 Å². The van der Waals surface area contributed by atoms with Gasteiger partial charge in [-0.3, -0.25) is 0 Å². The Bertz CT molecular complexity index is 1620. The van der Waals surface area contributed by atoms with Crippen LogP contribution in [0.15, 0.2) is 12.2 Å². The van der Waals surface area contributed by atoms with Crippen molar-refractivity contribution in [1.82, 2.24) is 0 Å². The zero-order valence-electron chi connectivity index (χ0n) is 38.1. The zero-order chi connectivity index (χ0) is 46.4. The highest BCUT2D eigenvalue weighted by molar-refractivity contribution is 5.17. The van der Waals surface area contributed by atoms with Gasteiger partial charge in [0, 0.05) is 25.9 Å². The molecule has 27 atom stereocenters. The van der Waals surface area contributed by atoms with Crippen LogP contribution in [0.3, 0.4) is 0 Å². The van der Waals surface area contributed by atoms with Crippen LogP contribution in [0.1, 0.15) is 92.4 Å². The molecular weight excluding hydrogens is 840 g/mol. The first-order chi connectivity index (χ1) is 30.2. The topological polar surface area (TPSA) is 276 Å². The van der Waals surface area contributed by atoms with Gasteiger partial charge in [0.25, 0.3) is 0 Å². The van der Waals surface area contributed by atoms with Gasteiger partial charge < -0.3 is 89.0 Å². The van der Waals surface area contributed by atoms with Crippen molar-refractivity contribution >= 4 is 0 Å². The van der Waals surface area contributed by atoms with Crippen molar-refractivity contribution < 1.29 is 89.0 Å². The summed E-state index contributed by atoms with van der Waals surface area (Å²) in [7, 11) is 1.69. The van der Waals surface area contributed by atoms with Gasteiger partial charge >= 0.3 is 0 Å². The van der Waals surface area contributed by atoms with Crippen molar-refractivity contribution in [2.75, 3.05) is 20.3 Å². The van der Waals surface area contributed by atoms with E-state index in [1.54, 1.807) is 14.0 Å². The molecule has 10 N–H and O–H groups in total. The standard InChI is InChI=1S/C46H76O18/c1-19(18-58-41-38(55)36(53)34(51)29(17-47)61-41)10-13-46(57-7)20(2)31-28(64-46)16-27-25-9-8-23-14-24(48)15-30(45(23,6)26(25)11-12-44(27,31)5)62-43-40(37(54)33(50)22(4)60-43)63-42-39(56)35(52)32(49)21(3)59-42/h20-43,47-56H,1,8-18H2,2-7H3/t20-,21-,22+,23-,24-,25+,26-,27-,28-,29+,30+,31-,32-,33-,34+,35+,36-,37-,38+,39+,40+,41+,42-,43-,44-,45-,46?/m0/s1. The van der Waals surface area contributed by atoms with E-state index in [-0.39, 0.29) is 41.8 Å². The Morgan fingerprint density at radius 1 is 0.703 bits per heavy atom. The number of aliphatic hydroxyl groups excluding tert-OH is 10. The minimum absolute atomic E-state index is 0.0165. The molecule has 4 heterocycles.